The van der Waals surface area contributed by atoms with Crippen LogP contribution in [0.2, 0.25) is 0 Å². The summed E-state index contributed by atoms with van der Waals surface area (Å²) >= 11 is 1.29. The van der Waals surface area contributed by atoms with Crippen LogP contribution in [0.1, 0.15) is 28.1 Å². The maximum Gasteiger partial charge on any atom is 0.350 e. The maximum absolute atomic E-state index is 12.2. The summed E-state index contributed by atoms with van der Waals surface area (Å²) in [5.41, 5.74) is 1.48. The Kier molecular flexibility index (Phi) is 4.55. The third-order valence-electron chi connectivity index (χ3n) is 3.26. The SMILES string of the molecule is COC(=O)c1scc(C)c1NC(=O)C1CCCNC1. The van der Waals surface area contributed by atoms with Crippen molar-refractivity contribution in [2.24, 2.45) is 5.92 Å². The second-order valence-electron chi connectivity index (χ2n) is 4.65. The molecule has 1 aromatic heterocycles. The standard InChI is InChI=1S/C13H18N2O3S/c1-8-7-19-11(13(17)18-2)10(8)15-12(16)9-4-3-5-14-6-9/h7,9,14H,3-6H2,1-2H3,(H,15,16). The number of anilines is 1. The van der Waals surface area contributed by atoms with Crippen molar-refractivity contribution in [3.05, 3.63) is 15.8 Å². The lowest BCUT2D eigenvalue weighted by Crippen LogP contribution is -2.37. The van der Waals surface area contributed by atoms with Gasteiger partial charge in [-0.15, -0.1) is 11.3 Å². The molecule has 0 radical (unpaired) electrons. The van der Waals surface area contributed by atoms with Crippen LogP contribution in [0.25, 0.3) is 0 Å². The Bertz CT molecular complexity index is 478. The van der Waals surface area contributed by atoms with Gasteiger partial charge in [-0.05, 0) is 37.3 Å². The van der Waals surface area contributed by atoms with E-state index in [4.69, 9.17) is 4.74 Å². The van der Waals surface area contributed by atoms with Crippen molar-refractivity contribution in [3.8, 4) is 0 Å². The number of hydrogen-bond donors (Lipinski definition) is 2. The van der Waals surface area contributed by atoms with Gasteiger partial charge in [0.2, 0.25) is 5.91 Å². The normalized spacial score (nSPS) is 18.9. The largest absolute Gasteiger partial charge is 0.465 e. The molecule has 6 heteroatoms. The molecule has 0 aromatic carbocycles. The van der Waals surface area contributed by atoms with Crippen LogP contribution in [0.15, 0.2) is 5.38 Å². The highest BCUT2D eigenvalue weighted by Crippen LogP contribution is 2.29. The molecule has 0 saturated carbocycles. The van der Waals surface area contributed by atoms with Gasteiger partial charge in [-0.1, -0.05) is 0 Å². The van der Waals surface area contributed by atoms with Gasteiger partial charge in [-0.25, -0.2) is 4.79 Å². The van der Waals surface area contributed by atoms with Gasteiger partial charge in [0.1, 0.15) is 4.88 Å². The van der Waals surface area contributed by atoms with Gasteiger partial charge in [0, 0.05) is 6.54 Å². The number of rotatable bonds is 3. The number of piperidine rings is 1. The van der Waals surface area contributed by atoms with Gasteiger partial charge in [-0.2, -0.15) is 0 Å². The third kappa shape index (κ3) is 3.13. The molecular formula is C13H18N2O3S. The number of aryl methyl sites for hydroxylation is 1. The molecule has 1 fully saturated rings. The van der Waals surface area contributed by atoms with E-state index in [2.05, 4.69) is 10.6 Å². The predicted molar refractivity (Wildman–Crippen MR) is 74.6 cm³/mol. The van der Waals surface area contributed by atoms with E-state index in [1.807, 2.05) is 12.3 Å². The van der Waals surface area contributed by atoms with E-state index in [-0.39, 0.29) is 11.8 Å². The van der Waals surface area contributed by atoms with Crippen molar-refractivity contribution in [2.45, 2.75) is 19.8 Å². The van der Waals surface area contributed by atoms with Crippen molar-refractivity contribution in [2.75, 3.05) is 25.5 Å². The molecule has 0 aliphatic carbocycles. The molecule has 19 heavy (non-hydrogen) atoms. The first kappa shape index (κ1) is 14.0. The van der Waals surface area contributed by atoms with E-state index in [9.17, 15) is 9.59 Å². The Balaban J connectivity index is 2.11. The van der Waals surface area contributed by atoms with Gasteiger partial charge < -0.3 is 15.4 Å². The van der Waals surface area contributed by atoms with Gasteiger partial charge in [0.05, 0.1) is 18.7 Å². The summed E-state index contributed by atoms with van der Waals surface area (Å²) in [4.78, 5) is 24.3. The molecular weight excluding hydrogens is 264 g/mol. The Morgan fingerprint density at radius 3 is 2.95 bits per heavy atom. The van der Waals surface area contributed by atoms with Crippen LogP contribution in [-0.2, 0) is 9.53 Å². The molecule has 2 rings (SSSR count). The van der Waals surface area contributed by atoms with Crippen molar-refractivity contribution >= 4 is 28.9 Å². The minimum Gasteiger partial charge on any atom is -0.465 e. The topological polar surface area (TPSA) is 67.4 Å². The third-order valence-corrected chi connectivity index (χ3v) is 4.34. The quantitative estimate of drug-likeness (QED) is 0.829. The average molecular weight is 282 g/mol. The van der Waals surface area contributed by atoms with Crippen LogP contribution in [0, 0.1) is 12.8 Å². The molecule has 1 aromatic rings. The Morgan fingerprint density at radius 1 is 1.53 bits per heavy atom. The highest BCUT2D eigenvalue weighted by atomic mass is 32.1. The molecule has 1 aliphatic rings. The smallest absolute Gasteiger partial charge is 0.350 e. The van der Waals surface area contributed by atoms with Crippen LogP contribution in [-0.4, -0.2) is 32.1 Å². The number of nitrogens with one attached hydrogen (secondary N) is 2. The fourth-order valence-corrected chi connectivity index (χ4v) is 3.07. The van der Waals surface area contributed by atoms with Crippen LogP contribution in [0.5, 0.6) is 0 Å². The molecule has 0 bridgehead atoms. The fraction of sp³-hybridized carbons (Fsp3) is 0.538. The van der Waals surface area contributed by atoms with Gasteiger partial charge in [0.15, 0.2) is 0 Å². The molecule has 1 atom stereocenters. The highest BCUT2D eigenvalue weighted by Gasteiger charge is 2.24. The molecule has 1 aliphatic heterocycles. The first-order valence-electron chi connectivity index (χ1n) is 6.31. The van der Waals surface area contributed by atoms with Crippen molar-refractivity contribution in [1.29, 1.82) is 0 Å². The van der Waals surface area contributed by atoms with Gasteiger partial charge >= 0.3 is 5.97 Å². The molecule has 2 N–H and O–H groups in total. The lowest BCUT2D eigenvalue weighted by atomic mass is 9.98. The van der Waals surface area contributed by atoms with E-state index >= 15 is 0 Å². The minimum atomic E-state index is -0.407. The zero-order chi connectivity index (χ0) is 13.8. The van der Waals surface area contributed by atoms with Crippen molar-refractivity contribution in [1.82, 2.24) is 5.32 Å². The summed E-state index contributed by atoms with van der Waals surface area (Å²) in [6.45, 7) is 3.54. The van der Waals surface area contributed by atoms with Gasteiger partial charge in [-0.3, -0.25) is 4.79 Å². The van der Waals surface area contributed by atoms with Crippen LogP contribution < -0.4 is 10.6 Å². The summed E-state index contributed by atoms with van der Waals surface area (Å²) in [5, 5.41) is 7.93. The van der Waals surface area contributed by atoms with E-state index in [0.717, 1.165) is 24.9 Å². The monoisotopic (exact) mass is 282 g/mol. The number of hydrogen-bond acceptors (Lipinski definition) is 5. The van der Waals surface area contributed by atoms with E-state index in [0.29, 0.717) is 17.1 Å². The Labute approximate surface area is 116 Å². The van der Waals surface area contributed by atoms with Crippen molar-refractivity contribution < 1.29 is 14.3 Å². The van der Waals surface area contributed by atoms with Gasteiger partial charge in [0.25, 0.3) is 0 Å². The Morgan fingerprint density at radius 2 is 2.32 bits per heavy atom. The first-order chi connectivity index (χ1) is 9.13. The lowest BCUT2D eigenvalue weighted by molar-refractivity contribution is -0.120. The minimum absolute atomic E-state index is 0.0288. The fourth-order valence-electron chi connectivity index (χ4n) is 2.14. The summed E-state index contributed by atoms with van der Waals surface area (Å²) in [5.74, 6) is -0.465. The zero-order valence-electron chi connectivity index (χ0n) is 11.1. The average Bonchev–Trinajstić information content (AvgIpc) is 2.80. The molecule has 2 heterocycles. The lowest BCUT2D eigenvalue weighted by Gasteiger charge is -2.22. The summed E-state index contributed by atoms with van der Waals surface area (Å²) in [7, 11) is 1.34. The van der Waals surface area contributed by atoms with E-state index < -0.39 is 5.97 Å². The number of esters is 1. The molecule has 104 valence electrons. The first-order valence-corrected chi connectivity index (χ1v) is 7.19. The summed E-state index contributed by atoms with van der Waals surface area (Å²) in [6.07, 6.45) is 1.89. The molecule has 1 unspecified atom stereocenters. The van der Waals surface area contributed by atoms with Crippen molar-refractivity contribution in [3.63, 3.8) is 0 Å². The summed E-state index contributed by atoms with van der Waals surface area (Å²) < 4.78 is 4.73. The molecule has 1 amide bonds. The van der Waals surface area contributed by atoms with Crippen LogP contribution in [0.3, 0.4) is 0 Å². The maximum atomic E-state index is 12.2. The second-order valence-corrected chi connectivity index (χ2v) is 5.53. The molecule has 0 spiro atoms. The van der Waals surface area contributed by atoms with Crippen LogP contribution in [0.4, 0.5) is 5.69 Å². The molecule has 5 nitrogen and oxygen atoms in total. The van der Waals surface area contributed by atoms with E-state index in [1.54, 1.807) is 0 Å². The number of amides is 1. The highest BCUT2D eigenvalue weighted by molar-refractivity contribution is 7.12. The number of thiophene rings is 1. The molecule has 1 saturated heterocycles. The van der Waals surface area contributed by atoms with E-state index in [1.165, 1.54) is 18.4 Å². The summed E-state index contributed by atoms with van der Waals surface area (Å²) in [6, 6.07) is 0. The second kappa shape index (κ2) is 6.16. The number of ether oxygens (including phenoxy) is 1. The number of methoxy groups -OCH3 is 1. The van der Waals surface area contributed by atoms with Crippen LogP contribution >= 0.6 is 11.3 Å². The number of carbonyl (C=O) groups excluding carboxylic acids is 2. The number of carbonyl (C=O) groups is 2. The predicted octanol–water partition coefficient (Wildman–Crippen LogP) is 1.78. The zero-order valence-corrected chi connectivity index (χ0v) is 11.9. The Hall–Kier alpha value is -1.40.